The van der Waals surface area contributed by atoms with Gasteiger partial charge in [0.05, 0.1) is 12.3 Å². The van der Waals surface area contributed by atoms with Crippen LogP contribution in [-0.4, -0.2) is 31.7 Å². The zero-order valence-electron chi connectivity index (χ0n) is 15.8. The molecule has 0 radical (unpaired) electrons. The maximum Gasteiger partial charge on any atom is 0.145 e. The standard InChI is InChI=1S/C12H20FNO.3C2H6/c1-5-8-12(11(13)6-2)14(4)9-10-15-7-3;3*1-2/h5-6,8H,2,7,9-10H2,1,3-4H3;3*1-2H3/b8-5-,12-11-;;;. The summed E-state index contributed by atoms with van der Waals surface area (Å²) >= 11 is 0. The van der Waals surface area contributed by atoms with Gasteiger partial charge in [-0.05, 0) is 26.0 Å². The van der Waals surface area contributed by atoms with Crippen LogP contribution < -0.4 is 0 Å². The minimum atomic E-state index is -0.313. The Hall–Kier alpha value is -1.09. The van der Waals surface area contributed by atoms with Gasteiger partial charge in [0.15, 0.2) is 0 Å². The SMILES string of the molecule is C=C/C(F)=C(\C=C/C)N(C)CCOCC.CC.CC.CC. The first-order valence-corrected chi connectivity index (χ1v) is 8.11. The van der Waals surface area contributed by atoms with E-state index in [0.29, 0.717) is 25.5 Å². The average Bonchev–Trinajstić information content (AvgIpc) is 2.57. The predicted molar refractivity (Wildman–Crippen MR) is 96.3 cm³/mol. The molecule has 0 amide bonds. The Balaban J connectivity index is -0.000000212. The summed E-state index contributed by atoms with van der Waals surface area (Å²) in [5.41, 5.74) is 0.534. The highest BCUT2D eigenvalue weighted by atomic mass is 19.1. The predicted octanol–water partition coefficient (Wildman–Crippen LogP) is 5.98. The fourth-order valence-electron chi connectivity index (χ4n) is 1.12. The summed E-state index contributed by atoms with van der Waals surface area (Å²) in [6, 6.07) is 0. The molecule has 0 unspecified atom stereocenters. The molecular formula is C18H38FNO. The van der Waals surface area contributed by atoms with Gasteiger partial charge in [-0.1, -0.05) is 54.2 Å². The van der Waals surface area contributed by atoms with Crippen molar-refractivity contribution in [1.82, 2.24) is 4.90 Å². The third-order valence-electron chi connectivity index (χ3n) is 1.93. The Bertz CT molecular complexity index is 248. The Morgan fingerprint density at radius 3 is 1.95 bits per heavy atom. The number of ether oxygens (including phenoxy) is 1. The molecule has 3 heteroatoms. The highest BCUT2D eigenvalue weighted by Gasteiger charge is 2.05. The van der Waals surface area contributed by atoms with Crippen LogP contribution in [0.25, 0.3) is 0 Å². The third-order valence-corrected chi connectivity index (χ3v) is 1.93. The van der Waals surface area contributed by atoms with E-state index in [1.165, 1.54) is 6.08 Å². The molecule has 0 bridgehead atoms. The first kappa shape index (κ1) is 28.1. The van der Waals surface area contributed by atoms with Gasteiger partial charge in [0, 0.05) is 20.2 Å². The van der Waals surface area contributed by atoms with Crippen molar-refractivity contribution in [3.05, 3.63) is 36.3 Å². The molecule has 0 aliphatic rings. The van der Waals surface area contributed by atoms with E-state index < -0.39 is 0 Å². The molecule has 0 aromatic carbocycles. The molecule has 0 aliphatic carbocycles. The highest BCUT2D eigenvalue weighted by Crippen LogP contribution is 2.12. The van der Waals surface area contributed by atoms with E-state index in [2.05, 4.69) is 6.58 Å². The van der Waals surface area contributed by atoms with Gasteiger partial charge in [-0.2, -0.15) is 0 Å². The van der Waals surface area contributed by atoms with Crippen LogP contribution in [-0.2, 0) is 4.74 Å². The van der Waals surface area contributed by atoms with Crippen molar-refractivity contribution >= 4 is 0 Å². The quantitative estimate of drug-likeness (QED) is 0.424. The smallest absolute Gasteiger partial charge is 0.145 e. The summed E-state index contributed by atoms with van der Waals surface area (Å²) < 4.78 is 18.6. The Morgan fingerprint density at radius 2 is 1.62 bits per heavy atom. The van der Waals surface area contributed by atoms with Gasteiger partial charge in [-0.25, -0.2) is 4.39 Å². The van der Waals surface area contributed by atoms with E-state index in [-0.39, 0.29) is 5.83 Å². The molecule has 0 aromatic heterocycles. The van der Waals surface area contributed by atoms with Gasteiger partial charge < -0.3 is 9.64 Å². The first-order chi connectivity index (χ1) is 10.2. The largest absolute Gasteiger partial charge is 0.380 e. The summed E-state index contributed by atoms with van der Waals surface area (Å²) in [6.07, 6.45) is 4.74. The lowest BCUT2D eigenvalue weighted by atomic mass is 10.3. The normalized spacial score (nSPS) is 10.0. The van der Waals surface area contributed by atoms with E-state index in [9.17, 15) is 4.39 Å². The molecule has 21 heavy (non-hydrogen) atoms. The molecule has 0 heterocycles. The number of rotatable bonds is 7. The first-order valence-electron chi connectivity index (χ1n) is 8.11. The van der Waals surface area contributed by atoms with Crippen molar-refractivity contribution < 1.29 is 9.13 Å². The number of allylic oxidation sites excluding steroid dienone is 4. The zero-order chi connectivity index (χ0) is 17.7. The summed E-state index contributed by atoms with van der Waals surface area (Å²) in [4.78, 5) is 1.81. The molecule has 0 fully saturated rings. The highest BCUT2D eigenvalue weighted by molar-refractivity contribution is 5.26. The van der Waals surface area contributed by atoms with Gasteiger partial charge in [-0.15, -0.1) is 0 Å². The van der Waals surface area contributed by atoms with Crippen LogP contribution in [0.3, 0.4) is 0 Å². The zero-order valence-corrected chi connectivity index (χ0v) is 15.8. The van der Waals surface area contributed by atoms with Crippen molar-refractivity contribution in [2.24, 2.45) is 0 Å². The second-order valence-electron chi connectivity index (χ2n) is 3.06. The molecule has 0 saturated heterocycles. The van der Waals surface area contributed by atoms with Gasteiger partial charge >= 0.3 is 0 Å². The van der Waals surface area contributed by atoms with E-state index in [4.69, 9.17) is 4.74 Å². The second kappa shape index (κ2) is 27.3. The summed E-state index contributed by atoms with van der Waals surface area (Å²) in [5.74, 6) is -0.313. The van der Waals surface area contributed by atoms with Crippen molar-refractivity contribution in [2.45, 2.75) is 55.4 Å². The molecule has 0 saturated carbocycles. The van der Waals surface area contributed by atoms with Gasteiger partial charge in [0.25, 0.3) is 0 Å². The van der Waals surface area contributed by atoms with Crippen LogP contribution in [0.4, 0.5) is 4.39 Å². The van der Waals surface area contributed by atoms with Crippen molar-refractivity contribution in [3.8, 4) is 0 Å². The Labute approximate surface area is 133 Å². The molecule has 0 aromatic rings. The van der Waals surface area contributed by atoms with E-state index in [1.54, 1.807) is 12.2 Å². The monoisotopic (exact) mass is 303 g/mol. The molecule has 0 atom stereocenters. The fraction of sp³-hybridized carbons (Fsp3) is 0.667. The molecule has 0 N–H and O–H groups in total. The maximum absolute atomic E-state index is 13.4. The number of hydrogen-bond donors (Lipinski definition) is 0. The lowest BCUT2D eigenvalue weighted by Gasteiger charge is -2.20. The third kappa shape index (κ3) is 18.9. The lowest BCUT2D eigenvalue weighted by molar-refractivity contribution is 0.131. The second-order valence-corrected chi connectivity index (χ2v) is 3.06. The number of hydrogen-bond acceptors (Lipinski definition) is 2. The fourth-order valence-corrected chi connectivity index (χ4v) is 1.12. The molecule has 0 aliphatic heterocycles. The minimum absolute atomic E-state index is 0.313. The molecule has 0 spiro atoms. The van der Waals surface area contributed by atoms with Crippen molar-refractivity contribution in [3.63, 3.8) is 0 Å². The Morgan fingerprint density at radius 1 is 1.14 bits per heavy atom. The van der Waals surface area contributed by atoms with E-state index in [0.717, 1.165) is 0 Å². The molecule has 0 rings (SSSR count). The van der Waals surface area contributed by atoms with E-state index >= 15 is 0 Å². The average molecular weight is 304 g/mol. The van der Waals surface area contributed by atoms with Gasteiger partial charge in [0.2, 0.25) is 0 Å². The van der Waals surface area contributed by atoms with Crippen LogP contribution >= 0.6 is 0 Å². The summed E-state index contributed by atoms with van der Waals surface area (Å²) in [6.45, 7) is 21.1. The lowest BCUT2D eigenvalue weighted by Crippen LogP contribution is -2.22. The van der Waals surface area contributed by atoms with Crippen LogP contribution in [0, 0.1) is 0 Å². The van der Waals surface area contributed by atoms with E-state index in [1.807, 2.05) is 67.3 Å². The number of halogens is 1. The van der Waals surface area contributed by atoms with Gasteiger partial charge in [0.1, 0.15) is 5.83 Å². The van der Waals surface area contributed by atoms with Crippen molar-refractivity contribution in [1.29, 1.82) is 0 Å². The minimum Gasteiger partial charge on any atom is -0.380 e. The number of likely N-dealkylation sites (N-methyl/N-ethyl adjacent to an activating group) is 1. The van der Waals surface area contributed by atoms with Crippen molar-refractivity contribution in [2.75, 3.05) is 26.8 Å². The maximum atomic E-state index is 13.4. The van der Waals surface area contributed by atoms with Crippen LogP contribution in [0.2, 0.25) is 0 Å². The van der Waals surface area contributed by atoms with Crippen LogP contribution in [0.15, 0.2) is 36.3 Å². The Kier molecular flexibility index (Phi) is 36.5. The van der Waals surface area contributed by atoms with Crippen LogP contribution in [0.1, 0.15) is 55.4 Å². The summed E-state index contributed by atoms with van der Waals surface area (Å²) in [5, 5.41) is 0. The van der Waals surface area contributed by atoms with Gasteiger partial charge in [-0.3, -0.25) is 0 Å². The summed E-state index contributed by atoms with van der Waals surface area (Å²) in [7, 11) is 1.83. The molecule has 128 valence electrons. The topological polar surface area (TPSA) is 12.5 Å². The van der Waals surface area contributed by atoms with Crippen LogP contribution in [0.5, 0.6) is 0 Å². The molecular weight excluding hydrogens is 265 g/mol. The number of nitrogens with zero attached hydrogens (tertiary/aromatic N) is 1. The molecule has 2 nitrogen and oxygen atoms in total.